The Morgan fingerprint density at radius 1 is 1.45 bits per heavy atom. The molecule has 0 radical (unpaired) electrons. The predicted molar refractivity (Wildman–Crippen MR) is 46.0 cm³/mol. The van der Waals surface area contributed by atoms with Crippen molar-refractivity contribution in [1.29, 1.82) is 0 Å². The van der Waals surface area contributed by atoms with Crippen LogP contribution in [0.15, 0.2) is 0 Å². The highest BCUT2D eigenvalue weighted by atomic mass is 16.1. The number of nitrogens with one attached hydrogen (secondary N) is 1. The Bertz CT molecular complexity index is 146. The predicted octanol–water partition coefficient (Wildman–Crippen LogP) is 1.32. The SMILES string of the molecule is C#CCCCCCC(=O)NC. The summed E-state index contributed by atoms with van der Waals surface area (Å²) in [6, 6.07) is 0. The van der Waals surface area contributed by atoms with Crippen LogP contribution < -0.4 is 5.32 Å². The smallest absolute Gasteiger partial charge is 0.219 e. The summed E-state index contributed by atoms with van der Waals surface area (Å²) < 4.78 is 0. The van der Waals surface area contributed by atoms with Gasteiger partial charge in [0.05, 0.1) is 0 Å². The third-order valence-corrected chi connectivity index (χ3v) is 1.50. The fourth-order valence-corrected chi connectivity index (χ4v) is 0.814. The van der Waals surface area contributed by atoms with Gasteiger partial charge in [0.1, 0.15) is 0 Å². The van der Waals surface area contributed by atoms with Crippen molar-refractivity contribution in [2.24, 2.45) is 0 Å². The summed E-state index contributed by atoms with van der Waals surface area (Å²) in [5.74, 6) is 2.69. The van der Waals surface area contributed by atoms with Crippen LogP contribution in [-0.2, 0) is 4.79 Å². The zero-order valence-corrected chi connectivity index (χ0v) is 7.02. The highest BCUT2D eigenvalue weighted by Crippen LogP contribution is 2.01. The van der Waals surface area contributed by atoms with Gasteiger partial charge in [-0.2, -0.15) is 0 Å². The average Bonchev–Trinajstić information content (AvgIpc) is 2.04. The van der Waals surface area contributed by atoms with Gasteiger partial charge in [0.2, 0.25) is 5.91 Å². The van der Waals surface area contributed by atoms with Crippen molar-refractivity contribution in [3.63, 3.8) is 0 Å². The number of unbranched alkanes of at least 4 members (excludes halogenated alkanes) is 3. The van der Waals surface area contributed by atoms with Crippen molar-refractivity contribution in [3.05, 3.63) is 0 Å². The molecule has 0 spiro atoms. The molecule has 0 unspecified atom stereocenters. The number of hydrogen-bond acceptors (Lipinski definition) is 1. The van der Waals surface area contributed by atoms with Gasteiger partial charge < -0.3 is 5.32 Å². The molecule has 2 nitrogen and oxygen atoms in total. The summed E-state index contributed by atoms with van der Waals surface area (Å²) in [7, 11) is 1.66. The van der Waals surface area contributed by atoms with E-state index in [1.165, 1.54) is 0 Å². The van der Waals surface area contributed by atoms with Gasteiger partial charge in [-0.3, -0.25) is 4.79 Å². The standard InChI is InChI=1S/C9H15NO/c1-3-4-5-6-7-8-9(11)10-2/h1H,4-8H2,2H3,(H,10,11). The number of amides is 1. The second-order valence-corrected chi connectivity index (χ2v) is 2.44. The lowest BCUT2D eigenvalue weighted by Gasteiger charge is -1.97. The minimum atomic E-state index is 0.116. The first-order chi connectivity index (χ1) is 5.31. The van der Waals surface area contributed by atoms with E-state index in [4.69, 9.17) is 6.42 Å². The molecule has 0 aromatic heterocycles. The fourth-order valence-electron chi connectivity index (χ4n) is 0.814. The molecule has 0 fully saturated rings. The van der Waals surface area contributed by atoms with Crippen LogP contribution in [-0.4, -0.2) is 13.0 Å². The van der Waals surface area contributed by atoms with Gasteiger partial charge in [-0.05, 0) is 12.8 Å². The van der Waals surface area contributed by atoms with Crippen molar-refractivity contribution < 1.29 is 4.79 Å². The topological polar surface area (TPSA) is 29.1 Å². The molecule has 2 heteroatoms. The first-order valence-electron chi connectivity index (χ1n) is 3.95. The van der Waals surface area contributed by atoms with Crippen molar-refractivity contribution in [2.75, 3.05) is 7.05 Å². The van der Waals surface area contributed by atoms with Crippen LogP contribution in [0.1, 0.15) is 32.1 Å². The normalized spacial score (nSPS) is 8.73. The molecule has 0 bridgehead atoms. The zero-order chi connectivity index (χ0) is 8.53. The zero-order valence-electron chi connectivity index (χ0n) is 7.02. The largest absolute Gasteiger partial charge is 0.359 e. The lowest BCUT2D eigenvalue weighted by atomic mass is 10.1. The molecule has 0 saturated carbocycles. The molecule has 0 aliphatic heterocycles. The first kappa shape index (κ1) is 10.0. The Morgan fingerprint density at radius 2 is 2.18 bits per heavy atom. The summed E-state index contributed by atoms with van der Waals surface area (Å²) in [5, 5.41) is 2.58. The molecule has 0 rings (SSSR count). The first-order valence-corrected chi connectivity index (χ1v) is 3.95. The lowest BCUT2D eigenvalue weighted by Crippen LogP contribution is -2.16. The highest BCUT2D eigenvalue weighted by molar-refractivity contribution is 5.75. The van der Waals surface area contributed by atoms with Gasteiger partial charge in [0, 0.05) is 19.9 Å². The molecule has 0 atom stereocenters. The molecule has 0 saturated heterocycles. The maximum atomic E-state index is 10.7. The van der Waals surface area contributed by atoms with Crippen LogP contribution in [0.4, 0.5) is 0 Å². The van der Waals surface area contributed by atoms with Crippen LogP contribution >= 0.6 is 0 Å². The van der Waals surface area contributed by atoms with Crippen molar-refractivity contribution in [2.45, 2.75) is 32.1 Å². The monoisotopic (exact) mass is 153 g/mol. The van der Waals surface area contributed by atoms with E-state index in [1.807, 2.05) is 0 Å². The number of carbonyl (C=O) groups excluding carboxylic acids is 1. The minimum Gasteiger partial charge on any atom is -0.359 e. The Morgan fingerprint density at radius 3 is 2.73 bits per heavy atom. The average molecular weight is 153 g/mol. The van der Waals surface area contributed by atoms with E-state index in [0.717, 1.165) is 25.7 Å². The van der Waals surface area contributed by atoms with E-state index < -0.39 is 0 Å². The van der Waals surface area contributed by atoms with E-state index in [-0.39, 0.29) is 5.91 Å². The van der Waals surface area contributed by atoms with E-state index in [9.17, 15) is 4.79 Å². The van der Waals surface area contributed by atoms with Gasteiger partial charge in [0.15, 0.2) is 0 Å². The van der Waals surface area contributed by atoms with Crippen molar-refractivity contribution in [1.82, 2.24) is 5.32 Å². The third kappa shape index (κ3) is 6.92. The Kier molecular flexibility index (Phi) is 6.51. The summed E-state index contributed by atoms with van der Waals surface area (Å²) in [6.07, 6.45) is 9.55. The summed E-state index contributed by atoms with van der Waals surface area (Å²) >= 11 is 0. The maximum absolute atomic E-state index is 10.7. The van der Waals surface area contributed by atoms with Crippen LogP contribution in [0.3, 0.4) is 0 Å². The van der Waals surface area contributed by atoms with Gasteiger partial charge in [-0.1, -0.05) is 6.42 Å². The molecule has 62 valence electrons. The second kappa shape index (κ2) is 7.14. The lowest BCUT2D eigenvalue weighted by molar-refractivity contribution is -0.120. The van der Waals surface area contributed by atoms with E-state index in [0.29, 0.717) is 6.42 Å². The Hall–Kier alpha value is -0.970. The minimum absolute atomic E-state index is 0.116. The molecule has 0 aromatic carbocycles. The molecule has 1 N–H and O–H groups in total. The highest BCUT2D eigenvalue weighted by Gasteiger charge is 1.95. The van der Waals surface area contributed by atoms with Crippen LogP contribution in [0.2, 0.25) is 0 Å². The van der Waals surface area contributed by atoms with E-state index in [1.54, 1.807) is 7.05 Å². The summed E-state index contributed by atoms with van der Waals surface area (Å²) in [6.45, 7) is 0. The second-order valence-electron chi connectivity index (χ2n) is 2.44. The molecule has 0 aromatic rings. The van der Waals surface area contributed by atoms with Gasteiger partial charge in [-0.15, -0.1) is 12.3 Å². The molecular formula is C9H15NO. The number of carbonyl (C=O) groups is 1. The Labute approximate surface area is 68.4 Å². The molecule has 0 aliphatic rings. The number of terminal acetylenes is 1. The van der Waals surface area contributed by atoms with Gasteiger partial charge >= 0.3 is 0 Å². The summed E-state index contributed by atoms with van der Waals surface area (Å²) in [4.78, 5) is 10.7. The van der Waals surface area contributed by atoms with Crippen molar-refractivity contribution in [3.8, 4) is 12.3 Å². The molecule has 11 heavy (non-hydrogen) atoms. The van der Waals surface area contributed by atoms with E-state index >= 15 is 0 Å². The Balaban J connectivity index is 3.03. The van der Waals surface area contributed by atoms with E-state index in [2.05, 4.69) is 11.2 Å². The summed E-state index contributed by atoms with van der Waals surface area (Å²) in [5.41, 5.74) is 0. The molecule has 1 amide bonds. The van der Waals surface area contributed by atoms with Crippen LogP contribution in [0, 0.1) is 12.3 Å². The quantitative estimate of drug-likeness (QED) is 0.468. The van der Waals surface area contributed by atoms with Crippen molar-refractivity contribution >= 4 is 5.91 Å². The fraction of sp³-hybridized carbons (Fsp3) is 0.667. The number of rotatable bonds is 5. The molecular weight excluding hydrogens is 138 g/mol. The third-order valence-electron chi connectivity index (χ3n) is 1.50. The molecule has 0 heterocycles. The maximum Gasteiger partial charge on any atom is 0.219 e. The van der Waals surface area contributed by atoms with Crippen LogP contribution in [0.5, 0.6) is 0 Å². The number of hydrogen-bond donors (Lipinski definition) is 1. The van der Waals surface area contributed by atoms with Crippen LogP contribution in [0.25, 0.3) is 0 Å². The molecule has 0 aliphatic carbocycles. The van der Waals surface area contributed by atoms with Gasteiger partial charge in [-0.25, -0.2) is 0 Å². The van der Waals surface area contributed by atoms with Gasteiger partial charge in [0.25, 0.3) is 0 Å².